The third-order valence-corrected chi connectivity index (χ3v) is 8.46. The summed E-state index contributed by atoms with van der Waals surface area (Å²) in [4.78, 5) is 43.2. The first-order chi connectivity index (χ1) is 19.4. The number of nitrogens with zero attached hydrogens (tertiary/aromatic N) is 2. The van der Waals surface area contributed by atoms with Gasteiger partial charge in [-0.25, -0.2) is 0 Å². The van der Waals surface area contributed by atoms with Crippen LogP contribution in [0.1, 0.15) is 104 Å². The van der Waals surface area contributed by atoms with Crippen molar-refractivity contribution in [3.63, 3.8) is 0 Å². The van der Waals surface area contributed by atoms with Gasteiger partial charge < -0.3 is 25.3 Å². The van der Waals surface area contributed by atoms with Crippen molar-refractivity contribution in [2.24, 2.45) is 17.8 Å². The number of aliphatic hydroxyl groups excluding tert-OH is 2. The summed E-state index contributed by atoms with van der Waals surface area (Å²) < 4.78 is 0. The Hall–Kier alpha value is -2.45. The van der Waals surface area contributed by atoms with Gasteiger partial charge in [-0.1, -0.05) is 89.6 Å². The van der Waals surface area contributed by atoms with Crippen molar-refractivity contribution >= 4 is 17.7 Å². The molecule has 8 heteroatoms. The number of carbonyl (C=O) groups excluding carboxylic acids is 3. The molecule has 8 nitrogen and oxygen atoms in total. The highest BCUT2D eigenvalue weighted by molar-refractivity contribution is 5.89. The molecular formula is C33H55N3O5. The molecule has 0 aromatic heterocycles. The van der Waals surface area contributed by atoms with Crippen LogP contribution >= 0.6 is 0 Å². The molecule has 0 spiro atoms. The van der Waals surface area contributed by atoms with Gasteiger partial charge in [-0.3, -0.25) is 14.4 Å². The number of hydrogen-bond acceptors (Lipinski definition) is 5. The molecule has 1 fully saturated rings. The van der Waals surface area contributed by atoms with Crippen LogP contribution in [-0.4, -0.2) is 76.6 Å². The fraction of sp³-hybridized carbons (Fsp3) is 0.727. The van der Waals surface area contributed by atoms with Crippen molar-refractivity contribution in [1.29, 1.82) is 0 Å². The summed E-state index contributed by atoms with van der Waals surface area (Å²) in [5, 5.41) is 25.0. The van der Waals surface area contributed by atoms with E-state index in [0.29, 0.717) is 31.6 Å². The Morgan fingerprint density at radius 3 is 2.17 bits per heavy atom. The molecule has 2 rings (SSSR count). The Kier molecular flexibility index (Phi) is 14.8. The second-order valence-electron chi connectivity index (χ2n) is 12.6. The van der Waals surface area contributed by atoms with Gasteiger partial charge in [0.2, 0.25) is 17.7 Å². The van der Waals surface area contributed by atoms with E-state index in [1.807, 2.05) is 58.0 Å². The third-order valence-electron chi connectivity index (χ3n) is 8.46. The lowest BCUT2D eigenvalue weighted by molar-refractivity contribution is -0.143. The minimum absolute atomic E-state index is 0.0294. The zero-order valence-electron chi connectivity index (χ0n) is 26.2. The van der Waals surface area contributed by atoms with Crippen LogP contribution in [0.3, 0.4) is 0 Å². The van der Waals surface area contributed by atoms with Crippen LogP contribution in [0.15, 0.2) is 30.3 Å². The summed E-state index contributed by atoms with van der Waals surface area (Å²) >= 11 is 0. The van der Waals surface area contributed by atoms with Crippen molar-refractivity contribution in [3.8, 4) is 0 Å². The van der Waals surface area contributed by atoms with Gasteiger partial charge in [-0.15, -0.1) is 0 Å². The Morgan fingerprint density at radius 2 is 1.61 bits per heavy atom. The smallest absolute Gasteiger partial charge is 0.241 e. The van der Waals surface area contributed by atoms with E-state index in [1.54, 1.807) is 19.0 Å². The van der Waals surface area contributed by atoms with Crippen molar-refractivity contribution < 1.29 is 24.6 Å². The lowest BCUT2D eigenvalue weighted by atomic mass is 9.82. The average Bonchev–Trinajstić information content (AvgIpc) is 2.94. The maximum absolute atomic E-state index is 13.8. The fourth-order valence-electron chi connectivity index (χ4n) is 5.90. The summed E-state index contributed by atoms with van der Waals surface area (Å²) in [7, 11) is 3.33. The molecule has 1 aromatic carbocycles. The maximum atomic E-state index is 13.8. The van der Waals surface area contributed by atoms with Gasteiger partial charge in [0.25, 0.3) is 0 Å². The molecule has 0 saturated heterocycles. The van der Waals surface area contributed by atoms with Gasteiger partial charge in [-0.05, 0) is 43.6 Å². The highest BCUT2D eigenvalue weighted by Gasteiger charge is 2.34. The molecule has 1 aliphatic rings. The van der Waals surface area contributed by atoms with E-state index in [9.17, 15) is 24.6 Å². The number of hydrogen-bond donors (Lipinski definition) is 3. The fourth-order valence-corrected chi connectivity index (χ4v) is 5.90. The third kappa shape index (κ3) is 11.4. The summed E-state index contributed by atoms with van der Waals surface area (Å²) in [6, 6.07) is 8.66. The second kappa shape index (κ2) is 17.5. The summed E-state index contributed by atoms with van der Waals surface area (Å²) in [5.41, 5.74) is 0.915. The SMILES string of the molecule is CCC[C@@H](CC(=O)N(CC(=O)N(C)C)[C@@H](C)c1ccccc1)C(=O)N[C@@H](CC1CCCCC1)[C@@H](O)[C@@H](O)CC(C)C. The zero-order chi connectivity index (χ0) is 30.5. The number of amides is 3. The van der Waals surface area contributed by atoms with E-state index in [1.165, 1.54) is 11.3 Å². The first-order valence-corrected chi connectivity index (χ1v) is 15.7. The Morgan fingerprint density at radius 1 is 0.976 bits per heavy atom. The molecule has 0 unspecified atom stereocenters. The van der Waals surface area contributed by atoms with Crippen molar-refractivity contribution in [2.45, 2.75) is 116 Å². The molecule has 1 aliphatic carbocycles. The normalized spacial score (nSPS) is 17.8. The number of likely N-dealkylation sites (N-methyl/N-ethyl adjacent to an activating group) is 1. The highest BCUT2D eigenvalue weighted by atomic mass is 16.3. The van der Waals surface area contributed by atoms with E-state index in [2.05, 4.69) is 5.32 Å². The van der Waals surface area contributed by atoms with Gasteiger partial charge in [-0.2, -0.15) is 0 Å². The standard InChI is InChI=1S/C33H55N3O5/c1-7-14-27(21-30(38)36(22-31(39)35(5)6)24(4)26-17-12-9-13-18-26)33(41)34-28(20-25-15-10-8-11-16-25)32(40)29(37)19-23(2)3/h9,12-13,17-18,23-25,27-29,32,37,40H,7-8,10-11,14-16,19-22H2,1-6H3,(H,34,41)/t24-,27-,28-,29-,32+/m0/s1. The van der Waals surface area contributed by atoms with E-state index >= 15 is 0 Å². The summed E-state index contributed by atoms with van der Waals surface area (Å²) in [5.74, 6) is -0.723. The molecule has 41 heavy (non-hydrogen) atoms. The number of carbonyl (C=O) groups is 3. The minimum atomic E-state index is -1.08. The predicted molar refractivity (Wildman–Crippen MR) is 163 cm³/mol. The molecule has 0 heterocycles. The van der Waals surface area contributed by atoms with Gasteiger partial charge in [0.15, 0.2) is 0 Å². The maximum Gasteiger partial charge on any atom is 0.241 e. The molecule has 1 aromatic rings. The van der Waals surface area contributed by atoms with Crippen molar-refractivity contribution in [1.82, 2.24) is 15.1 Å². The quantitative estimate of drug-likeness (QED) is 0.266. The van der Waals surface area contributed by atoms with Gasteiger partial charge in [0.05, 0.1) is 18.2 Å². The average molecular weight is 574 g/mol. The van der Waals surface area contributed by atoms with Gasteiger partial charge >= 0.3 is 0 Å². The number of nitrogens with one attached hydrogen (secondary N) is 1. The molecule has 1 saturated carbocycles. The van der Waals surface area contributed by atoms with Crippen LogP contribution < -0.4 is 5.32 Å². The van der Waals surface area contributed by atoms with Gasteiger partial charge in [0.1, 0.15) is 12.6 Å². The van der Waals surface area contributed by atoms with Crippen LogP contribution in [0, 0.1) is 17.8 Å². The van der Waals surface area contributed by atoms with Crippen LogP contribution in [-0.2, 0) is 14.4 Å². The largest absolute Gasteiger partial charge is 0.390 e. The second-order valence-corrected chi connectivity index (χ2v) is 12.6. The van der Waals surface area contributed by atoms with Crippen LogP contribution in [0.25, 0.3) is 0 Å². The van der Waals surface area contributed by atoms with Gasteiger partial charge in [0, 0.05) is 26.4 Å². The zero-order valence-corrected chi connectivity index (χ0v) is 26.2. The topological polar surface area (TPSA) is 110 Å². The molecule has 3 N–H and O–H groups in total. The minimum Gasteiger partial charge on any atom is -0.390 e. The monoisotopic (exact) mass is 573 g/mol. The molecule has 3 amide bonds. The Bertz CT molecular complexity index is 932. The molecular weight excluding hydrogens is 518 g/mol. The first-order valence-electron chi connectivity index (χ1n) is 15.7. The van der Waals surface area contributed by atoms with Crippen molar-refractivity contribution in [3.05, 3.63) is 35.9 Å². The van der Waals surface area contributed by atoms with Crippen LogP contribution in [0.4, 0.5) is 0 Å². The molecule has 0 bridgehead atoms. The lowest BCUT2D eigenvalue weighted by Gasteiger charge is -2.34. The van der Waals surface area contributed by atoms with E-state index in [4.69, 9.17) is 0 Å². The molecule has 5 atom stereocenters. The molecule has 0 radical (unpaired) electrons. The van der Waals surface area contributed by atoms with E-state index in [-0.39, 0.29) is 42.6 Å². The Labute approximate surface area is 247 Å². The summed E-state index contributed by atoms with van der Waals surface area (Å²) in [6.07, 6.45) is 5.85. The van der Waals surface area contributed by atoms with Crippen LogP contribution in [0.2, 0.25) is 0 Å². The van der Waals surface area contributed by atoms with Crippen molar-refractivity contribution in [2.75, 3.05) is 20.6 Å². The van der Waals surface area contributed by atoms with E-state index < -0.39 is 24.2 Å². The predicted octanol–water partition coefficient (Wildman–Crippen LogP) is 4.69. The van der Waals surface area contributed by atoms with Crippen LogP contribution in [0.5, 0.6) is 0 Å². The summed E-state index contributed by atoms with van der Waals surface area (Å²) in [6.45, 7) is 7.80. The first kappa shape index (κ1) is 34.7. The number of rotatable bonds is 16. The molecule has 232 valence electrons. The highest BCUT2D eigenvalue weighted by Crippen LogP contribution is 2.30. The lowest BCUT2D eigenvalue weighted by Crippen LogP contribution is -2.51. The molecule has 0 aliphatic heterocycles. The number of benzene rings is 1. The van der Waals surface area contributed by atoms with E-state index in [0.717, 1.165) is 31.2 Å². The Balaban J connectivity index is 2.24. The number of aliphatic hydroxyl groups is 2.